The van der Waals surface area contributed by atoms with Crippen LogP contribution in [0.2, 0.25) is 0 Å². The molecule has 0 saturated carbocycles. The maximum atomic E-state index is 8.93. The molecule has 0 aliphatic rings. The molecule has 1 nitrogen and oxygen atoms in total. The van der Waals surface area contributed by atoms with Gasteiger partial charge in [-0.05, 0) is 6.29 Å². The van der Waals surface area contributed by atoms with Crippen LogP contribution in [0, 0.1) is 0 Å². The predicted octanol–water partition coefficient (Wildman–Crippen LogP) is -0.101. The van der Waals surface area contributed by atoms with Crippen molar-refractivity contribution in [3.63, 3.8) is 0 Å². The average Bonchev–Trinajstić information content (AvgIpc) is 1.37. The third-order valence-electron chi connectivity index (χ3n) is 0.0833. The van der Waals surface area contributed by atoms with E-state index in [-0.39, 0.29) is 33.9 Å². The van der Waals surface area contributed by atoms with E-state index in [0.717, 1.165) is 6.08 Å². The van der Waals surface area contributed by atoms with E-state index in [4.69, 9.17) is 4.79 Å². The molecule has 0 aliphatic heterocycles. The number of rotatable bonds is 1. The predicted molar refractivity (Wildman–Crippen MR) is 21.6 cm³/mol. The molecule has 0 aromatic heterocycles. The summed E-state index contributed by atoms with van der Waals surface area (Å²) in [7, 11) is 0. The molecule has 0 N–H and O–H groups in total. The zero-order valence-electron chi connectivity index (χ0n) is 3.09. The van der Waals surface area contributed by atoms with Crippen LogP contribution in [0.25, 0.3) is 0 Å². The standard InChI is InChI=1S/C3H3O.Al.Ni/c1-2-3-4;;/h2H,1H2;;/q-1;;. The maximum absolute atomic E-state index is 8.93. The van der Waals surface area contributed by atoms with E-state index in [1.807, 2.05) is 0 Å². The zero-order chi connectivity index (χ0) is 3.41. The second-order valence-electron chi connectivity index (χ2n) is 0.322. The SMILES string of the molecule is C=C[C-]=O.[Al].[Ni]. The summed E-state index contributed by atoms with van der Waals surface area (Å²) in [5, 5.41) is 0. The third kappa shape index (κ3) is 25.4. The number of hydrogen-bond acceptors (Lipinski definition) is 1. The molecule has 0 heterocycles. The largest absolute Gasteiger partial charge is 0.419 e. The Bertz CT molecular complexity index is 31.8. The zero-order valence-corrected chi connectivity index (χ0v) is 5.23. The Balaban J connectivity index is -0.0000000450. The third-order valence-corrected chi connectivity index (χ3v) is 0.0833. The molecule has 35 valence electrons. The summed E-state index contributed by atoms with van der Waals surface area (Å²) in [6.07, 6.45) is 2.51. The van der Waals surface area contributed by atoms with E-state index in [1.165, 1.54) is 6.29 Å². The van der Waals surface area contributed by atoms with Gasteiger partial charge in [-0.3, -0.25) is 0 Å². The fourth-order valence-corrected chi connectivity index (χ4v) is 0. The topological polar surface area (TPSA) is 17.1 Å². The van der Waals surface area contributed by atoms with Crippen LogP contribution in [-0.2, 0) is 21.3 Å². The molecular weight excluding hydrogens is 138 g/mol. The van der Waals surface area contributed by atoms with Gasteiger partial charge in [0.25, 0.3) is 0 Å². The van der Waals surface area contributed by atoms with Crippen molar-refractivity contribution in [2.24, 2.45) is 0 Å². The van der Waals surface area contributed by atoms with Crippen LogP contribution >= 0.6 is 0 Å². The Morgan fingerprint density at radius 1 is 1.67 bits per heavy atom. The monoisotopic (exact) mass is 140 g/mol. The van der Waals surface area contributed by atoms with Gasteiger partial charge in [0.05, 0.1) is 0 Å². The Kier molecular flexibility index (Phi) is 48.4. The molecular formula is C3H3AlNiO-. The van der Waals surface area contributed by atoms with E-state index >= 15 is 0 Å². The minimum absolute atomic E-state index is 0. The Morgan fingerprint density at radius 2 is 1.83 bits per heavy atom. The second kappa shape index (κ2) is 18.0. The van der Waals surface area contributed by atoms with E-state index in [2.05, 4.69) is 6.58 Å². The van der Waals surface area contributed by atoms with Gasteiger partial charge >= 0.3 is 0 Å². The Morgan fingerprint density at radius 3 is 1.83 bits per heavy atom. The van der Waals surface area contributed by atoms with Crippen LogP contribution in [0.5, 0.6) is 0 Å². The van der Waals surface area contributed by atoms with Crippen LogP contribution in [0.1, 0.15) is 0 Å². The summed E-state index contributed by atoms with van der Waals surface area (Å²) >= 11 is 0. The summed E-state index contributed by atoms with van der Waals surface area (Å²) in [5.74, 6) is 0. The van der Waals surface area contributed by atoms with Crippen molar-refractivity contribution in [2.75, 3.05) is 0 Å². The first-order valence-electron chi connectivity index (χ1n) is 0.901. The quantitative estimate of drug-likeness (QED) is 0.283. The van der Waals surface area contributed by atoms with Crippen molar-refractivity contribution in [1.29, 1.82) is 0 Å². The minimum atomic E-state index is 0. The molecule has 0 aromatic rings. The molecule has 0 unspecified atom stereocenters. The number of allylic oxidation sites excluding steroid dienone is 1. The second-order valence-corrected chi connectivity index (χ2v) is 0.322. The minimum Gasteiger partial charge on any atom is -0.419 e. The maximum Gasteiger partial charge on any atom is 0 e. The molecule has 0 rings (SSSR count). The van der Waals surface area contributed by atoms with Crippen LogP contribution in [0.4, 0.5) is 0 Å². The van der Waals surface area contributed by atoms with Gasteiger partial charge < -0.3 is 4.79 Å². The fraction of sp³-hybridized carbons (Fsp3) is 0. The fourth-order valence-electron chi connectivity index (χ4n) is 0. The van der Waals surface area contributed by atoms with Crippen molar-refractivity contribution in [3.8, 4) is 0 Å². The van der Waals surface area contributed by atoms with Gasteiger partial charge in [0.1, 0.15) is 0 Å². The van der Waals surface area contributed by atoms with Crippen molar-refractivity contribution in [3.05, 3.63) is 12.7 Å². The summed E-state index contributed by atoms with van der Waals surface area (Å²) < 4.78 is 0. The molecule has 6 heavy (non-hydrogen) atoms. The van der Waals surface area contributed by atoms with Crippen molar-refractivity contribution in [1.82, 2.24) is 0 Å². The number of carbonyl (C=O) groups excluding carboxylic acids is 1. The van der Waals surface area contributed by atoms with Crippen LogP contribution in [0.15, 0.2) is 12.7 Å². The first-order chi connectivity index (χ1) is 1.91. The first kappa shape index (κ1) is 16.1. The van der Waals surface area contributed by atoms with Gasteiger partial charge in [-0.15, -0.1) is 0 Å². The van der Waals surface area contributed by atoms with Crippen LogP contribution in [0.3, 0.4) is 0 Å². The molecule has 3 radical (unpaired) electrons. The Labute approximate surface area is 57.9 Å². The number of hydrogen-bond donors (Lipinski definition) is 0. The van der Waals surface area contributed by atoms with Crippen LogP contribution < -0.4 is 0 Å². The first-order valence-corrected chi connectivity index (χ1v) is 0.901. The van der Waals surface area contributed by atoms with Gasteiger partial charge in [-0.2, -0.15) is 0 Å². The molecule has 0 spiro atoms. The summed E-state index contributed by atoms with van der Waals surface area (Å²) in [6, 6.07) is 0. The summed E-state index contributed by atoms with van der Waals surface area (Å²) in [6.45, 7) is 3.06. The van der Waals surface area contributed by atoms with Crippen molar-refractivity contribution >= 4 is 23.6 Å². The molecule has 0 saturated heterocycles. The molecule has 0 fully saturated rings. The molecule has 0 atom stereocenters. The average molecular weight is 141 g/mol. The Hall–Kier alpha value is 0.436. The summed E-state index contributed by atoms with van der Waals surface area (Å²) in [4.78, 5) is 8.93. The van der Waals surface area contributed by atoms with Gasteiger partial charge in [0.15, 0.2) is 0 Å². The molecule has 0 amide bonds. The smallest absolute Gasteiger partial charge is 0 e. The molecule has 3 heteroatoms. The van der Waals surface area contributed by atoms with Crippen molar-refractivity contribution < 1.29 is 21.3 Å². The van der Waals surface area contributed by atoms with Gasteiger partial charge in [-0.25, -0.2) is 12.7 Å². The van der Waals surface area contributed by atoms with Gasteiger partial charge in [0.2, 0.25) is 0 Å². The normalized spacial score (nSPS) is 3.33. The van der Waals surface area contributed by atoms with Crippen LogP contribution in [-0.4, -0.2) is 23.6 Å². The summed E-state index contributed by atoms with van der Waals surface area (Å²) in [5.41, 5.74) is 0. The molecule has 0 aromatic carbocycles. The van der Waals surface area contributed by atoms with Crippen molar-refractivity contribution in [2.45, 2.75) is 0 Å². The van der Waals surface area contributed by atoms with E-state index in [9.17, 15) is 0 Å². The van der Waals surface area contributed by atoms with E-state index in [1.54, 1.807) is 0 Å². The molecule has 0 bridgehead atoms. The van der Waals surface area contributed by atoms with E-state index < -0.39 is 0 Å². The molecule has 0 aliphatic carbocycles. The van der Waals surface area contributed by atoms with E-state index in [0.29, 0.717) is 0 Å². The van der Waals surface area contributed by atoms with Gasteiger partial charge in [-0.1, -0.05) is 0 Å². The van der Waals surface area contributed by atoms with Gasteiger partial charge in [0, 0.05) is 33.9 Å².